The number of nitrogens with one attached hydrogen (secondary N) is 1. The molecule has 1 aliphatic rings. The molecule has 2 aromatic rings. The number of ether oxygens (including phenoxy) is 1. The van der Waals surface area contributed by atoms with Crippen LogP contribution in [0.25, 0.3) is 0 Å². The number of aromatic nitrogens is 1. The number of carboxylic acid groups (broad SMARTS) is 1. The molecule has 1 aliphatic heterocycles. The number of fused-ring (bicyclic) bond motifs is 1. The average Bonchev–Trinajstić information content (AvgIpc) is 2.99. The Bertz CT molecular complexity index is 629. The van der Waals surface area contributed by atoms with E-state index in [9.17, 15) is 4.79 Å². The monoisotopic (exact) mass is 290 g/mol. The van der Waals surface area contributed by atoms with Gasteiger partial charge in [-0.1, -0.05) is 18.2 Å². The van der Waals surface area contributed by atoms with Crippen LogP contribution < -0.4 is 10.1 Å². The molecule has 1 atom stereocenters. The number of rotatable bonds is 4. The molecule has 3 rings (SSSR count). The number of carboxylic acids is 1. The zero-order valence-corrected chi connectivity index (χ0v) is 11.7. The Hall–Kier alpha value is -2.08. The molecule has 6 heteroatoms. The summed E-state index contributed by atoms with van der Waals surface area (Å²) in [6, 6.07) is 7.98. The van der Waals surface area contributed by atoms with Crippen molar-refractivity contribution in [3.8, 4) is 5.75 Å². The molecule has 104 valence electrons. The predicted molar refractivity (Wildman–Crippen MR) is 76.9 cm³/mol. The molecule has 0 radical (unpaired) electrons. The zero-order chi connectivity index (χ0) is 14.1. The molecule has 0 bridgehead atoms. The van der Waals surface area contributed by atoms with Gasteiger partial charge in [0.1, 0.15) is 11.9 Å². The zero-order valence-electron chi connectivity index (χ0n) is 10.9. The van der Waals surface area contributed by atoms with Gasteiger partial charge in [-0.25, -0.2) is 9.78 Å². The van der Waals surface area contributed by atoms with Gasteiger partial charge in [0.2, 0.25) is 0 Å². The highest BCUT2D eigenvalue weighted by Crippen LogP contribution is 2.29. The number of hydrogen-bond donors (Lipinski definition) is 2. The van der Waals surface area contributed by atoms with Crippen molar-refractivity contribution in [2.24, 2.45) is 0 Å². The minimum Gasteiger partial charge on any atom is -0.488 e. The number of anilines is 1. The number of carbonyl (C=O) groups is 1. The Morgan fingerprint density at radius 1 is 1.55 bits per heavy atom. The predicted octanol–water partition coefficient (Wildman–Crippen LogP) is 2.57. The number of nitrogens with zero attached hydrogens (tertiary/aromatic N) is 1. The smallest absolute Gasteiger partial charge is 0.355 e. The number of benzene rings is 1. The fourth-order valence-electron chi connectivity index (χ4n) is 2.24. The van der Waals surface area contributed by atoms with Crippen molar-refractivity contribution in [1.82, 2.24) is 4.98 Å². The highest BCUT2D eigenvalue weighted by atomic mass is 32.1. The molecule has 0 spiro atoms. The minimum atomic E-state index is -0.990. The van der Waals surface area contributed by atoms with Crippen molar-refractivity contribution < 1.29 is 14.6 Å². The summed E-state index contributed by atoms with van der Waals surface area (Å²) in [5, 5.41) is 12.7. The summed E-state index contributed by atoms with van der Waals surface area (Å²) in [5.41, 5.74) is 1.33. The maximum atomic E-state index is 10.9. The first-order valence-corrected chi connectivity index (χ1v) is 7.14. The molecule has 5 nitrogen and oxygen atoms in total. The summed E-state index contributed by atoms with van der Waals surface area (Å²) in [6.45, 7) is 2.37. The summed E-state index contributed by atoms with van der Waals surface area (Å²) in [7, 11) is 0. The van der Waals surface area contributed by atoms with Crippen molar-refractivity contribution in [3.05, 3.63) is 40.4 Å². The standard InChI is InChI=1S/C14H14N2O3S/c1-8-12(13(17)18)16-14(20-8)15-7-10-6-9-4-2-3-5-11(9)19-10/h2-5,10H,6-7H2,1H3,(H,15,16)(H,17,18). The Kier molecular flexibility index (Phi) is 3.31. The van der Waals surface area contributed by atoms with Crippen molar-refractivity contribution in [1.29, 1.82) is 0 Å². The number of para-hydroxylation sites is 1. The van der Waals surface area contributed by atoms with E-state index in [-0.39, 0.29) is 11.8 Å². The SMILES string of the molecule is Cc1sc(NCC2Cc3ccccc3O2)nc1C(=O)O. The summed E-state index contributed by atoms with van der Waals surface area (Å²) < 4.78 is 5.81. The Balaban J connectivity index is 1.61. The molecule has 1 unspecified atom stereocenters. The van der Waals surface area contributed by atoms with Gasteiger partial charge in [-0.15, -0.1) is 11.3 Å². The first-order chi connectivity index (χ1) is 9.63. The van der Waals surface area contributed by atoms with Crippen molar-refractivity contribution in [2.45, 2.75) is 19.4 Å². The summed E-state index contributed by atoms with van der Waals surface area (Å²) in [4.78, 5) is 15.7. The lowest BCUT2D eigenvalue weighted by Gasteiger charge is -2.10. The second-order valence-corrected chi connectivity index (χ2v) is 5.86. The van der Waals surface area contributed by atoms with Crippen molar-refractivity contribution in [3.63, 3.8) is 0 Å². The third-order valence-corrected chi connectivity index (χ3v) is 4.12. The van der Waals surface area contributed by atoms with Crippen LogP contribution in [-0.2, 0) is 6.42 Å². The van der Waals surface area contributed by atoms with Gasteiger partial charge < -0.3 is 15.2 Å². The Labute approximate surface area is 120 Å². The molecule has 20 heavy (non-hydrogen) atoms. The van der Waals surface area contributed by atoms with Crippen LogP contribution in [0.3, 0.4) is 0 Å². The molecule has 1 aromatic carbocycles. The maximum Gasteiger partial charge on any atom is 0.355 e. The molecule has 0 amide bonds. The highest BCUT2D eigenvalue weighted by Gasteiger charge is 2.22. The summed E-state index contributed by atoms with van der Waals surface area (Å²) in [6.07, 6.45) is 0.921. The summed E-state index contributed by atoms with van der Waals surface area (Å²) >= 11 is 1.35. The van der Waals surface area contributed by atoms with Gasteiger partial charge in [0, 0.05) is 11.3 Å². The van der Waals surface area contributed by atoms with Gasteiger partial charge in [-0.2, -0.15) is 0 Å². The molecule has 0 aliphatic carbocycles. The fraction of sp³-hybridized carbons (Fsp3) is 0.286. The van der Waals surface area contributed by atoms with E-state index in [1.54, 1.807) is 6.92 Å². The molecule has 1 aromatic heterocycles. The number of thiazole rings is 1. The Morgan fingerprint density at radius 3 is 3.05 bits per heavy atom. The number of hydrogen-bond acceptors (Lipinski definition) is 5. The van der Waals surface area contributed by atoms with Crippen LogP contribution in [0.1, 0.15) is 20.9 Å². The molecular formula is C14H14N2O3S. The van der Waals surface area contributed by atoms with Gasteiger partial charge in [0.15, 0.2) is 10.8 Å². The van der Waals surface area contributed by atoms with E-state index >= 15 is 0 Å². The molecule has 2 N–H and O–H groups in total. The van der Waals surface area contributed by atoms with Crippen molar-refractivity contribution in [2.75, 3.05) is 11.9 Å². The van der Waals surface area contributed by atoms with E-state index in [0.29, 0.717) is 16.6 Å². The lowest BCUT2D eigenvalue weighted by molar-refractivity contribution is 0.0690. The molecule has 2 heterocycles. The fourth-order valence-corrected chi connectivity index (χ4v) is 3.05. The van der Waals surface area contributed by atoms with Crippen LogP contribution in [0.2, 0.25) is 0 Å². The van der Waals surface area contributed by atoms with Crippen LogP contribution in [0.4, 0.5) is 5.13 Å². The average molecular weight is 290 g/mol. The Morgan fingerprint density at radius 2 is 2.35 bits per heavy atom. The first kappa shape index (κ1) is 12.9. The first-order valence-electron chi connectivity index (χ1n) is 6.32. The van der Waals surface area contributed by atoms with Crippen LogP contribution in [-0.4, -0.2) is 28.7 Å². The van der Waals surface area contributed by atoms with Crippen LogP contribution in [0.5, 0.6) is 5.75 Å². The topological polar surface area (TPSA) is 71.5 Å². The minimum absolute atomic E-state index is 0.0601. The van der Waals surface area contributed by atoms with E-state index < -0.39 is 5.97 Å². The lowest BCUT2D eigenvalue weighted by Crippen LogP contribution is -2.23. The second-order valence-electron chi connectivity index (χ2n) is 4.66. The second kappa shape index (κ2) is 5.13. The van der Waals surface area contributed by atoms with Crippen LogP contribution >= 0.6 is 11.3 Å². The largest absolute Gasteiger partial charge is 0.488 e. The van der Waals surface area contributed by atoms with Crippen molar-refractivity contribution >= 4 is 22.4 Å². The third-order valence-electron chi connectivity index (χ3n) is 3.19. The van der Waals surface area contributed by atoms with E-state index in [1.807, 2.05) is 18.2 Å². The van der Waals surface area contributed by atoms with Crippen LogP contribution in [0, 0.1) is 6.92 Å². The van der Waals surface area contributed by atoms with Crippen LogP contribution in [0.15, 0.2) is 24.3 Å². The molecule has 0 fully saturated rings. The summed E-state index contributed by atoms with van der Waals surface area (Å²) in [5.74, 6) is -0.0582. The van der Waals surface area contributed by atoms with Gasteiger partial charge in [0.05, 0.1) is 6.54 Å². The van der Waals surface area contributed by atoms with Gasteiger partial charge in [-0.3, -0.25) is 0 Å². The molecule has 0 saturated carbocycles. The number of aromatic carboxylic acids is 1. The van der Waals surface area contributed by atoms with E-state index in [0.717, 1.165) is 12.2 Å². The highest BCUT2D eigenvalue weighted by molar-refractivity contribution is 7.15. The van der Waals surface area contributed by atoms with E-state index in [1.165, 1.54) is 16.9 Å². The number of aryl methyl sites for hydroxylation is 1. The van der Waals surface area contributed by atoms with E-state index in [2.05, 4.69) is 16.4 Å². The lowest BCUT2D eigenvalue weighted by atomic mass is 10.1. The quantitative estimate of drug-likeness (QED) is 0.905. The van der Waals surface area contributed by atoms with E-state index in [4.69, 9.17) is 9.84 Å². The molecule has 0 saturated heterocycles. The van der Waals surface area contributed by atoms with Gasteiger partial charge in [-0.05, 0) is 18.6 Å². The maximum absolute atomic E-state index is 10.9. The van der Waals surface area contributed by atoms with Gasteiger partial charge >= 0.3 is 5.97 Å². The molecular weight excluding hydrogens is 276 g/mol. The normalized spacial score (nSPS) is 16.6. The third kappa shape index (κ3) is 2.46. The van der Waals surface area contributed by atoms with Gasteiger partial charge in [0.25, 0.3) is 0 Å².